The smallest absolute Gasteiger partial charge is 0.426 e. The van der Waals surface area contributed by atoms with Gasteiger partial charge in [-0.1, -0.05) is 6.92 Å². The predicted octanol–water partition coefficient (Wildman–Crippen LogP) is -1.42. The van der Waals surface area contributed by atoms with Gasteiger partial charge in [-0.3, -0.25) is 4.79 Å². The Morgan fingerprint density at radius 3 is 2.78 bits per heavy atom. The fourth-order valence-electron chi connectivity index (χ4n) is 2.22. The first-order valence-corrected chi connectivity index (χ1v) is 6.74. The Kier molecular flexibility index (Phi) is 7.26. The van der Waals surface area contributed by atoms with Gasteiger partial charge in [0.2, 0.25) is 5.91 Å². The Hall–Kier alpha value is -0.625. The van der Waals surface area contributed by atoms with E-state index in [1.165, 1.54) is 0 Å². The van der Waals surface area contributed by atoms with Crippen LogP contribution in [0.1, 0.15) is 26.2 Å². The number of nitrogens with one attached hydrogen (secondary N) is 2. The molecule has 1 saturated heterocycles. The van der Waals surface area contributed by atoms with E-state index >= 15 is 0 Å². The third-order valence-electron chi connectivity index (χ3n) is 3.20. The molecule has 0 unspecified atom stereocenters. The Bertz CT molecular complexity index is 254. The van der Waals surface area contributed by atoms with Gasteiger partial charge in [0, 0.05) is 6.54 Å². The highest BCUT2D eigenvalue weighted by Crippen LogP contribution is 2.17. The average molecular weight is 257 g/mol. The van der Waals surface area contributed by atoms with Gasteiger partial charge < -0.3 is 25.6 Å². The minimum Gasteiger partial charge on any atom is -0.426 e. The van der Waals surface area contributed by atoms with Gasteiger partial charge in [-0.25, -0.2) is 0 Å². The number of nitrogens with zero attached hydrogens (tertiary/aromatic N) is 1. The summed E-state index contributed by atoms with van der Waals surface area (Å²) in [4.78, 5) is 13.4. The maximum absolute atomic E-state index is 11.9. The van der Waals surface area contributed by atoms with Crippen molar-refractivity contribution in [2.24, 2.45) is 0 Å². The van der Waals surface area contributed by atoms with Crippen LogP contribution in [0.3, 0.4) is 0 Å². The van der Waals surface area contributed by atoms with Crippen molar-refractivity contribution >= 4 is 13.0 Å². The number of carbonyl (C=O) groups excluding carboxylic acids is 1. The topological polar surface area (TPSA) is 84.8 Å². The molecule has 0 bridgehead atoms. The summed E-state index contributed by atoms with van der Waals surface area (Å²) in [7, 11) is -1.43. The monoisotopic (exact) mass is 257 g/mol. The molecule has 7 heteroatoms. The summed E-state index contributed by atoms with van der Waals surface area (Å²) in [5.41, 5.74) is 0. The van der Waals surface area contributed by atoms with E-state index in [0.717, 1.165) is 32.5 Å². The van der Waals surface area contributed by atoms with E-state index in [9.17, 15) is 14.8 Å². The molecule has 0 radical (unpaired) electrons. The Morgan fingerprint density at radius 2 is 2.11 bits per heavy atom. The van der Waals surface area contributed by atoms with E-state index < -0.39 is 13.1 Å². The second-order valence-corrected chi connectivity index (χ2v) is 4.59. The quantitative estimate of drug-likeness (QED) is 0.317. The van der Waals surface area contributed by atoms with Crippen molar-refractivity contribution in [3.63, 3.8) is 0 Å². The summed E-state index contributed by atoms with van der Waals surface area (Å²) in [6, 6.07) is 0. The predicted molar refractivity (Wildman–Crippen MR) is 71.0 cm³/mol. The van der Waals surface area contributed by atoms with Crippen LogP contribution in [0, 0.1) is 0 Å². The summed E-state index contributed by atoms with van der Waals surface area (Å²) in [6.07, 6.45) is 2.49. The fraction of sp³-hybridized carbons (Fsp3) is 0.909. The van der Waals surface area contributed by atoms with Crippen LogP contribution in [0.5, 0.6) is 0 Å². The number of carbonyl (C=O) groups is 1. The van der Waals surface area contributed by atoms with Crippen molar-refractivity contribution in [2.45, 2.75) is 32.1 Å². The van der Waals surface area contributed by atoms with E-state index in [0.29, 0.717) is 13.0 Å². The van der Waals surface area contributed by atoms with Gasteiger partial charge >= 0.3 is 7.12 Å². The molecule has 1 heterocycles. The zero-order valence-electron chi connectivity index (χ0n) is 11.1. The first-order chi connectivity index (χ1) is 8.66. The minimum absolute atomic E-state index is 0.0472. The van der Waals surface area contributed by atoms with Crippen molar-refractivity contribution in [3.8, 4) is 0 Å². The van der Waals surface area contributed by atoms with Crippen molar-refractivity contribution in [2.75, 3.05) is 32.7 Å². The molecule has 104 valence electrons. The maximum Gasteiger partial charge on any atom is 0.475 e. The molecule has 1 rings (SSSR count). The highest BCUT2D eigenvalue weighted by Gasteiger charge is 2.36. The standard InChI is InChI=1S/C11H24BN3O3/c1-2-13-6-4-7-14-9-11(16)15-8-3-5-10(15)12(17)18/h10,13-14,17-18H,2-9H2,1H3/t10-/m0/s1. The summed E-state index contributed by atoms with van der Waals surface area (Å²) in [5, 5.41) is 24.6. The molecule has 1 amide bonds. The summed E-state index contributed by atoms with van der Waals surface area (Å²) >= 11 is 0. The molecule has 1 aliphatic rings. The third kappa shape index (κ3) is 4.93. The number of likely N-dealkylation sites (tertiary alicyclic amines) is 1. The average Bonchev–Trinajstić information content (AvgIpc) is 2.82. The van der Waals surface area contributed by atoms with Gasteiger partial charge in [-0.15, -0.1) is 0 Å². The van der Waals surface area contributed by atoms with Crippen LogP contribution in [0.2, 0.25) is 0 Å². The van der Waals surface area contributed by atoms with Gasteiger partial charge in [0.15, 0.2) is 0 Å². The van der Waals surface area contributed by atoms with E-state index in [4.69, 9.17) is 0 Å². The lowest BCUT2D eigenvalue weighted by Crippen LogP contribution is -2.48. The Morgan fingerprint density at radius 1 is 1.39 bits per heavy atom. The van der Waals surface area contributed by atoms with Crippen molar-refractivity contribution in [1.29, 1.82) is 0 Å². The largest absolute Gasteiger partial charge is 0.475 e. The molecule has 0 spiro atoms. The molecular weight excluding hydrogens is 233 g/mol. The zero-order valence-corrected chi connectivity index (χ0v) is 11.1. The van der Waals surface area contributed by atoms with E-state index in [-0.39, 0.29) is 12.5 Å². The highest BCUT2D eigenvalue weighted by molar-refractivity contribution is 6.43. The molecule has 4 N–H and O–H groups in total. The minimum atomic E-state index is -1.43. The second-order valence-electron chi connectivity index (χ2n) is 4.59. The molecule has 18 heavy (non-hydrogen) atoms. The first kappa shape index (κ1) is 15.4. The zero-order chi connectivity index (χ0) is 13.4. The summed E-state index contributed by atoms with van der Waals surface area (Å²) in [6.45, 7) is 5.65. The van der Waals surface area contributed by atoms with Gasteiger partial charge in [-0.05, 0) is 38.9 Å². The van der Waals surface area contributed by atoms with Crippen LogP contribution in [0.4, 0.5) is 0 Å². The second kappa shape index (κ2) is 8.47. The van der Waals surface area contributed by atoms with Crippen LogP contribution in [0.25, 0.3) is 0 Å². The normalized spacial score (nSPS) is 19.3. The molecule has 1 atom stereocenters. The fourth-order valence-corrected chi connectivity index (χ4v) is 2.22. The molecule has 0 aromatic carbocycles. The van der Waals surface area contributed by atoms with E-state index in [2.05, 4.69) is 17.6 Å². The van der Waals surface area contributed by atoms with Crippen molar-refractivity contribution in [3.05, 3.63) is 0 Å². The van der Waals surface area contributed by atoms with Gasteiger partial charge in [0.1, 0.15) is 0 Å². The molecule has 6 nitrogen and oxygen atoms in total. The Balaban J connectivity index is 2.16. The molecule has 1 aliphatic heterocycles. The van der Waals surface area contributed by atoms with E-state index in [1.54, 1.807) is 4.90 Å². The number of rotatable bonds is 8. The molecule has 1 fully saturated rings. The van der Waals surface area contributed by atoms with Crippen LogP contribution < -0.4 is 10.6 Å². The molecular formula is C11H24BN3O3. The number of hydrogen-bond acceptors (Lipinski definition) is 5. The van der Waals surface area contributed by atoms with Gasteiger partial charge in [0.05, 0.1) is 12.5 Å². The van der Waals surface area contributed by atoms with Crippen molar-refractivity contribution < 1.29 is 14.8 Å². The SMILES string of the molecule is CCNCCCNCC(=O)N1CCC[C@H]1B(O)O. The molecule has 0 aromatic rings. The first-order valence-electron chi connectivity index (χ1n) is 6.74. The number of amides is 1. The lowest BCUT2D eigenvalue weighted by Gasteiger charge is -2.24. The molecule has 0 aliphatic carbocycles. The maximum atomic E-state index is 11.9. The number of hydrogen-bond donors (Lipinski definition) is 4. The lowest BCUT2D eigenvalue weighted by molar-refractivity contribution is -0.130. The van der Waals surface area contributed by atoms with Crippen LogP contribution >= 0.6 is 0 Å². The summed E-state index contributed by atoms with van der Waals surface area (Å²) in [5.74, 6) is -0.477. The molecule has 0 saturated carbocycles. The van der Waals surface area contributed by atoms with Crippen molar-refractivity contribution in [1.82, 2.24) is 15.5 Å². The summed E-state index contributed by atoms with van der Waals surface area (Å²) < 4.78 is 0. The lowest BCUT2D eigenvalue weighted by atomic mass is 9.78. The van der Waals surface area contributed by atoms with Crippen LogP contribution in [-0.2, 0) is 4.79 Å². The van der Waals surface area contributed by atoms with Crippen LogP contribution in [0.15, 0.2) is 0 Å². The third-order valence-corrected chi connectivity index (χ3v) is 3.20. The highest BCUT2D eigenvalue weighted by atomic mass is 16.4. The molecule has 0 aromatic heterocycles. The van der Waals surface area contributed by atoms with Gasteiger partial charge in [-0.2, -0.15) is 0 Å². The van der Waals surface area contributed by atoms with Gasteiger partial charge in [0.25, 0.3) is 0 Å². The van der Waals surface area contributed by atoms with Crippen LogP contribution in [-0.4, -0.2) is 66.6 Å². The Labute approximate surface area is 109 Å². The van der Waals surface area contributed by atoms with E-state index in [1.807, 2.05) is 0 Å².